The highest BCUT2D eigenvalue weighted by Gasteiger charge is 2.22. The average Bonchev–Trinajstić information content (AvgIpc) is 2.95. The van der Waals surface area contributed by atoms with Gasteiger partial charge in [-0.05, 0) is 58.7 Å². The lowest BCUT2D eigenvalue weighted by atomic mass is 10.0. The number of hydrogen-bond acceptors (Lipinski definition) is 3. The van der Waals surface area contributed by atoms with Crippen LogP contribution in [0.3, 0.4) is 0 Å². The van der Waals surface area contributed by atoms with E-state index in [9.17, 15) is 9.00 Å². The zero-order valence-electron chi connectivity index (χ0n) is 14.8. The molecule has 0 N–H and O–H groups in total. The lowest BCUT2D eigenvalue weighted by Gasteiger charge is -2.15. The highest BCUT2D eigenvalue weighted by molar-refractivity contribution is 7.85. The summed E-state index contributed by atoms with van der Waals surface area (Å²) in [5.74, 6) is 0.836. The van der Waals surface area contributed by atoms with Gasteiger partial charge in [-0.1, -0.05) is 0 Å². The van der Waals surface area contributed by atoms with Crippen LogP contribution in [-0.2, 0) is 24.0 Å². The Bertz CT molecular complexity index is 936. The lowest BCUT2D eigenvalue weighted by Crippen LogP contribution is -2.23. The Morgan fingerprint density at radius 3 is 2.71 bits per heavy atom. The molecule has 0 spiro atoms. The normalized spacial score (nSPS) is 16.5. The smallest absolute Gasteiger partial charge is 0.261 e. The molecule has 1 atom stereocenters. The van der Waals surface area contributed by atoms with Gasteiger partial charge in [0, 0.05) is 18.5 Å². The van der Waals surface area contributed by atoms with Crippen molar-refractivity contribution in [2.75, 3.05) is 0 Å². The summed E-state index contributed by atoms with van der Waals surface area (Å²) in [6.45, 7) is 10.2. The fourth-order valence-corrected chi connectivity index (χ4v) is 3.54. The monoisotopic (exact) mass is 345 g/mol. The molecule has 128 valence electrons. The number of rotatable bonds is 2. The van der Waals surface area contributed by atoms with Crippen LogP contribution in [-0.4, -0.2) is 24.2 Å². The number of aryl methyl sites for hydroxylation is 2. The second-order valence-corrected chi connectivity index (χ2v) is 9.24. The van der Waals surface area contributed by atoms with Gasteiger partial charge < -0.3 is 0 Å². The van der Waals surface area contributed by atoms with E-state index in [4.69, 9.17) is 4.98 Å². The molecule has 1 aromatic heterocycles. The molecular weight excluding hydrogens is 322 g/mol. The van der Waals surface area contributed by atoms with Crippen molar-refractivity contribution in [3.05, 3.63) is 39.4 Å². The van der Waals surface area contributed by atoms with Crippen molar-refractivity contribution in [3.8, 4) is 0 Å². The Labute approximate surface area is 144 Å². The van der Waals surface area contributed by atoms with Crippen LogP contribution in [0.1, 0.15) is 51.1 Å². The molecule has 3 rings (SSSR count). The zero-order chi connectivity index (χ0) is 17.6. The van der Waals surface area contributed by atoms with Gasteiger partial charge in [0.15, 0.2) is 0 Å². The topological polar surface area (TPSA) is 64.3 Å². The molecule has 1 aliphatic rings. The minimum atomic E-state index is -1.35. The van der Waals surface area contributed by atoms with Gasteiger partial charge in [0.25, 0.3) is 5.56 Å². The van der Waals surface area contributed by atoms with Gasteiger partial charge in [0.1, 0.15) is 16.8 Å². The first-order valence-electron chi connectivity index (χ1n) is 8.20. The Balaban J connectivity index is 2.25. The van der Waals surface area contributed by atoms with Crippen molar-refractivity contribution in [1.82, 2.24) is 9.55 Å². The maximum Gasteiger partial charge on any atom is 0.261 e. The number of benzene rings is 1. The summed E-state index contributed by atoms with van der Waals surface area (Å²) in [6, 6.07) is 3.85. The largest absolute Gasteiger partial charge is 0.296 e. The van der Waals surface area contributed by atoms with E-state index >= 15 is 0 Å². The van der Waals surface area contributed by atoms with Crippen molar-refractivity contribution < 1.29 is 4.21 Å². The van der Waals surface area contributed by atoms with Gasteiger partial charge in [-0.25, -0.2) is 9.19 Å². The Morgan fingerprint density at radius 1 is 1.33 bits per heavy atom. The quantitative estimate of drug-likeness (QED) is 0.786. The molecule has 0 saturated heterocycles. The summed E-state index contributed by atoms with van der Waals surface area (Å²) < 4.78 is 18.1. The molecule has 0 bridgehead atoms. The second kappa shape index (κ2) is 5.92. The van der Waals surface area contributed by atoms with E-state index in [0.29, 0.717) is 16.6 Å². The molecule has 0 saturated carbocycles. The molecule has 0 aliphatic carbocycles. The van der Waals surface area contributed by atoms with E-state index in [0.717, 1.165) is 36.3 Å². The van der Waals surface area contributed by atoms with Crippen molar-refractivity contribution in [3.63, 3.8) is 0 Å². The lowest BCUT2D eigenvalue weighted by molar-refractivity contribution is 0.650. The molecule has 0 fully saturated rings. The van der Waals surface area contributed by atoms with E-state index < -0.39 is 15.7 Å². The van der Waals surface area contributed by atoms with Crippen LogP contribution in [0.4, 0.5) is 0 Å². The van der Waals surface area contributed by atoms with Crippen LogP contribution in [0.15, 0.2) is 21.3 Å². The first-order valence-corrected chi connectivity index (χ1v) is 9.31. The van der Waals surface area contributed by atoms with Crippen molar-refractivity contribution >= 4 is 27.6 Å². The molecule has 0 unspecified atom stereocenters. The third-order valence-corrected chi connectivity index (χ3v) is 5.69. The average molecular weight is 345 g/mol. The fraction of sp³-hybridized carbons (Fsp3) is 0.500. The Kier molecular flexibility index (Phi) is 4.20. The van der Waals surface area contributed by atoms with E-state index in [2.05, 4.69) is 4.40 Å². The van der Waals surface area contributed by atoms with Crippen LogP contribution in [0, 0.1) is 6.92 Å². The van der Waals surface area contributed by atoms with Crippen molar-refractivity contribution in [2.24, 2.45) is 4.40 Å². The Morgan fingerprint density at radius 2 is 2.04 bits per heavy atom. The first-order chi connectivity index (χ1) is 11.2. The van der Waals surface area contributed by atoms with E-state index in [1.54, 1.807) is 4.57 Å². The molecule has 0 amide bonds. The molecule has 6 heteroatoms. The highest BCUT2D eigenvalue weighted by Crippen LogP contribution is 2.22. The molecule has 2 aromatic rings. The summed E-state index contributed by atoms with van der Waals surface area (Å²) in [5.41, 5.74) is 3.13. The summed E-state index contributed by atoms with van der Waals surface area (Å²) in [7, 11) is -1.35. The molecule has 5 nitrogen and oxygen atoms in total. The zero-order valence-corrected chi connectivity index (χ0v) is 15.7. The minimum absolute atomic E-state index is 0.0159. The van der Waals surface area contributed by atoms with Crippen LogP contribution in [0.5, 0.6) is 0 Å². The number of hydrogen-bond donors (Lipinski definition) is 0. The SMILES string of the molecule is C/C(=N\[S@](=O)C(C)(C)C)c1cc(C)cc2c(=O)n3c(nc12)CCC3. The number of aromatic nitrogens is 2. The Hall–Kier alpha value is -1.82. The predicted molar refractivity (Wildman–Crippen MR) is 99.2 cm³/mol. The van der Waals surface area contributed by atoms with Crippen molar-refractivity contribution in [2.45, 2.75) is 58.8 Å². The van der Waals surface area contributed by atoms with Gasteiger partial charge in [0.2, 0.25) is 0 Å². The number of nitrogens with zero attached hydrogens (tertiary/aromatic N) is 3. The highest BCUT2D eigenvalue weighted by atomic mass is 32.2. The van der Waals surface area contributed by atoms with Crippen LogP contribution in [0.2, 0.25) is 0 Å². The van der Waals surface area contributed by atoms with Gasteiger partial charge in [-0.3, -0.25) is 9.36 Å². The van der Waals surface area contributed by atoms with Crippen LogP contribution < -0.4 is 5.56 Å². The van der Waals surface area contributed by atoms with Gasteiger partial charge >= 0.3 is 0 Å². The third kappa shape index (κ3) is 2.95. The molecule has 24 heavy (non-hydrogen) atoms. The third-order valence-electron chi connectivity index (χ3n) is 4.20. The maximum atomic E-state index is 12.8. The van der Waals surface area contributed by atoms with E-state index in [1.165, 1.54) is 0 Å². The van der Waals surface area contributed by atoms with Crippen LogP contribution in [0.25, 0.3) is 10.9 Å². The van der Waals surface area contributed by atoms with Gasteiger partial charge in [-0.15, -0.1) is 0 Å². The minimum Gasteiger partial charge on any atom is -0.296 e. The van der Waals surface area contributed by atoms with E-state index in [1.807, 2.05) is 46.8 Å². The number of fused-ring (bicyclic) bond motifs is 2. The first kappa shape index (κ1) is 17.0. The van der Waals surface area contributed by atoms with Gasteiger partial charge in [0.05, 0.1) is 21.4 Å². The fourth-order valence-electron chi connectivity index (χ4n) is 2.92. The summed E-state index contributed by atoms with van der Waals surface area (Å²) >= 11 is 0. The molecule has 1 aromatic carbocycles. The van der Waals surface area contributed by atoms with Gasteiger partial charge in [-0.2, -0.15) is 4.40 Å². The summed E-state index contributed by atoms with van der Waals surface area (Å²) in [4.78, 5) is 17.5. The van der Waals surface area contributed by atoms with Crippen molar-refractivity contribution in [1.29, 1.82) is 0 Å². The predicted octanol–water partition coefficient (Wildman–Crippen LogP) is 2.92. The summed E-state index contributed by atoms with van der Waals surface area (Å²) in [5, 5.41) is 0.617. The van der Waals surface area contributed by atoms with E-state index in [-0.39, 0.29) is 5.56 Å². The molecule has 2 heterocycles. The maximum absolute atomic E-state index is 12.8. The second-order valence-electron chi connectivity index (χ2n) is 7.34. The molecule has 0 radical (unpaired) electrons. The molecular formula is C18H23N3O2S. The van der Waals surface area contributed by atoms with Crippen LogP contribution >= 0.6 is 0 Å². The summed E-state index contributed by atoms with van der Waals surface area (Å²) in [6.07, 6.45) is 1.77. The molecule has 1 aliphatic heterocycles. The standard InChI is InChI=1S/C18H23N3O2S/c1-11-9-13(12(2)20-24(23)18(3,4)5)16-14(10-11)17(22)21-8-6-7-15(21)19-16/h9-10H,6-8H2,1-5H3/b20-12+/t24-/m1/s1.